The molecular formula is C49H57OP. The van der Waals surface area contributed by atoms with Crippen LogP contribution in [-0.4, -0.2) is 5.78 Å². The van der Waals surface area contributed by atoms with Crippen LogP contribution < -0.4 is 5.30 Å². The van der Waals surface area contributed by atoms with Crippen LogP contribution in [0.4, 0.5) is 0 Å². The van der Waals surface area contributed by atoms with E-state index in [1.165, 1.54) is 94.3 Å². The highest BCUT2D eigenvalue weighted by Crippen LogP contribution is 2.68. The van der Waals surface area contributed by atoms with Crippen molar-refractivity contribution in [2.24, 2.45) is 0 Å². The minimum absolute atomic E-state index is 0.107. The van der Waals surface area contributed by atoms with Crippen LogP contribution in [0.5, 0.6) is 0 Å². The molecule has 1 heterocycles. The van der Waals surface area contributed by atoms with E-state index < -0.39 is 7.92 Å². The summed E-state index contributed by atoms with van der Waals surface area (Å²) in [4.78, 5) is 14.1. The summed E-state index contributed by atoms with van der Waals surface area (Å²) in [6, 6.07) is 30.4. The fourth-order valence-electron chi connectivity index (χ4n) is 8.47. The van der Waals surface area contributed by atoms with Gasteiger partial charge in [0.2, 0.25) is 0 Å². The largest absolute Gasteiger partial charge is 0.300 e. The van der Waals surface area contributed by atoms with E-state index in [0.29, 0.717) is 30.5 Å². The minimum atomic E-state index is -0.921. The van der Waals surface area contributed by atoms with Crippen molar-refractivity contribution in [2.45, 2.75) is 119 Å². The Morgan fingerprint density at radius 1 is 0.510 bits per heavy atom. The van der Waals surface area contributed by atoms with Crippen molar-refractivity contribution < 1.29 is 4.79 Å². The number of rotatable bonds is 7. The molecule has 1 fully saturated rings. The topological polar surface area (TPSA) is 17.1 Å². The summed E-state index contributed by atoms with van der Waals surface area (Å²) < 4.78 is 0. The summed E-state index contributed by atoms with van der Waals surface area (Å²) in [5.74, 6) is 1.29. The highest BCUT2D eigenvalue weighted by Gasteiger charge is 2.42. The maximum absolute atomic E-state index is 14.1. The van der Waals surface area contributed by atoms with E-state index in [1.54, 1.807) is 0 Å². The van der Waals surface area contributed by atoms with E-state index >= 15 is 0 Å². The lowest BCUT2D eigenvalue weighted by Crippen LogP contribution is -2.26. The van der Waals surface area contributed by atoms with Crippen molar-refractivity contribution in [1.29, 1.82) is 0 Å². The van der Waals surface area contributed by atoms with Crippen LogP contribution in [0.1, 0.15) is 130 Å². The first-order valence-corrected chi connectivity index (χ1v) is 20.5. The lowest BCUT2D eigenvalue weighted by molar-refractivity contribution is -0.119. The van der Waals surface area contributed by atoms with Crippen LogP contribution in [0.25, 0.3) is 22.3 Å². The maximum atomic E-state index is 14.1. The highest BCUT2D eigenvalue weighted by atomic mass is 31.1. The molecule has 2 atom stereocenters. The predicted octanol–water partition coefficient (Wildman–Crippen LogP) is 13.7. The number of carbonyl (C=O) groups excluding carboxylic acids is 1. The van der Waals surface area contributed by atoms with Gasteiger partial charge in [-0.25, -0.2) is 0 Å². The quantitative estimate of drug-likeness (QED) is 0.155. The van der Waals surface area contributed by atoms with Crippen molar-refractivity contribution in [1.82, 2.24) is 0 Å². The summed E-state index contributed by atoms with van der Waals surface area (Å²) in [6.45, 7) is 27.3. The molecule has 2 unspecified atom stereocenters. The van der Waals surface area contributed by atoms with E-state index in [0.717, 1.165) is 0 Å². The fourth-order valence-corrected chi connectivity index (χ4v) is 12.2. The van der Waals surface area contributed by atoms with Gasteiger partial charge in [0.05, 0.1) is 0 Å². The van der Waals surface area contributed by atoms with E-state index in [-0.39, 0.29) is 11.3 Å². The molecule has 0 bridgehead atoms. The normalized spacial score (nSPS) is 17.8. The van der Waals surface area contributed by atoms with Crippen LogP contribution in [0.15, 0.2) is 78.9 Å². The molecule has 5 aromatic carbocycles. The van der Waals surface area contributed by atoms with Gasteiger partial charge in [-0.3, -0.25) is 4.79 Å². The third-order valence-electron chi connectivity index (χ3n) is 12.1. The number of hydrogen-bond donors (Lipinski definition) is 0. The standard InChI is InChI=1S/C49H57OP/c1-28(2)38-16-20-40(21-17-38)45-26-42(50)27-46(41-22-18-39(19-23-41)29(3)4)51(45)49-43(47-34(9)30(5)24-31(6)35(47)10)14-13-15-44(49)48-36(11)32(7)25-33(8)37(48)12/h13-25,28-29,45-46H,26-27H2,1-12H3. The highest BCUT2D eigenvalue weighted by molar-refractivity contribution is 7.67. The van der Waals surface area contributed by atoms with E-state index in [4.69, 9.17) is 0 Å². The monoisotopic (exact) mass is 692 g/mol. The minimum Gasteiger partial charge on any atom is -0.300 e. The molecule has 0 aliphatic carbocycles. The molecule has 0 aromatic heterocycles. The molecule has 1 nitrogen and oxygen atoms in total. The van der Waals surface area contributed by atoms with Crippen molar-refractivity contribution >= 4 is 19.0 Å². The van der Waals surface area contributed by atoms with Gasteiger partial charge in [0, 0.05) is 24.2 Å². The Morgan fingerprint density at radius 3 is 1.16 bits per heavy atom. The summed E-state index contributed by atoms with van der Waals surface area (Å²) >= 11 is 0. The molecule has 0 amide bonds. The molecule has 0 spiro atoms. The second-order valence-electron chi connectivity index (χ2n) is 16.0. The third-order valence-corrected chi connectivity index (χ3v) is 15.4. The Morgan fingerprint density at radius 2 is 0.843 bits per heavy atom. The van der Waals surface area contributed by atoms with Crippen LogP contribution in [0.2, 0.25) is 0 Å². The molecule has 2 heteroatoms. The van der Waals surface area contributed by atoms with Gasteiger partial charge >= 0.3 is 0 Å². The Hall–Kier alpha value is -3.80. The molecule has 264 valence electrons. The van der Waals surface area contributed by atoms with Crippen LogP contribution in [0, 0.1) is 55.4 Å². The van der Waals surface area contributed by atoms with Gasteiger partial charge in [-0.2, -0.15) is 0 Å². The molecule has 1 aliphatic rings. The maximum Gasteiger partial charge on any atom is 0.134 e. The first-order valence-electron chi connectivity index (χ1n) is 19.0. The summed E-state index contributed by atoms with van der Waals surface area (Å²) in [6.07, 6.45) is 1.16. The zero-order valence-corrected chi connectivity index (χ0v) is 34.0. The van der Waals surface area contributed by atoms with Gasteiger partial charge in [-0.15, -0.1) is 0 Å². The molecule has 0 saturated carbocycles. The van der Waals surface area contributed by atoms with Crippen molar-refractivity contribution in [3.05, 3.63) is 146 Å². The first-order chi connectivity index (χ1) is 24.2. The lowest BCUT2D eigenvalue weighted by atomic mass is 9.85. The molecule has 0 N–H and O–H groups in total. The van der Waals surface area contributed by atoms with Crippen molar-refractivity contribution in [3.8, 4) is 22.3 Å². The molecule has 6 rings (SSSR count). The van der Waals surface area contributed by atoms with Crippen LogP contribution in [-0.2, 0) is 4.79 Å². The van der Waals surface area contributed by atoms with Crippen LogP contribution >= 0.6 is 7.92 Å². The molecule has 0 radical (unpaired) electrons. The number of carbonyl (C=O) groups is 1. The average Bonchev–Trinajstić information content (AvgIpc) is 3.10. The first kappa shape index (κ1) is 37.0. The number of hydrogen-bond acceptors (Lipinski definition) is 1. The van der Waals surface area contributed by atoms with Gasteiger partial charge in [0.15, 0.2) is 0 Å². The van der Waals surface area contributed by atoms with Gasteiger partial charge in [-0.05, 0) is 162 Å². The Bertz CT molecular complexity index is 1900. The van der Waals surface area contributed by atoms with Crippen molar-refractivity contribution in [2.75, 3.05) is 0 Å². The summed E-state index contributed by atoms with van der Waals surface area (Å²) in [5.41, 5.74) is 21.6. The van der Waals surface area contributed by atoms with Crippen LogP contribution in [0.3, 0.4) is 0 Å². The molecule has 51 heavy (non-hydrogen) atoms. The number of Topliss-reactive ketones (excluding diaryl/α,β-unsaturated/α-hetero) is 1. The number of ketones is 1. The Kier molecular flexibility index (Phi) is 10.6. The zero-order valence-electron chi connectivity index (χ0n) is 33.1. The van der Waals surface area contributed by atoms with Gasteiger partial charge in [0.1, 0.15) is 5.78 Å². The summed E-state index contributed by atoms with van der Waals surface area (Å²) in [7, 11) is -0.921. The SMILES string of the molecule is Cc1cc(C)c(C)c(-c2cccc(-c3c(C)c(C)cc(C)c3C)c2P2C(c3ccc(C(C)C)cc3)CC(=O)CC2c2ccc(C(C)C)cc2)c1C. The number of benzene rings is 5. The average molecular weight is 693 g/mol. The van der Waals surface area contributed by atoms with Gasteiger partial charge < -0.3 is 0 Å². The zero-order chi connectivity index (χ0) is 36.9. The molecule has 1 aliphatic heterocycles. The van der Waals surface area contributed by atoms with Gasteiger partial charge in [-0.1, -0.05) is 114 Å². The summed E-state index contributed by atoms with van der Waals surface area (Å²) in [5, 5.41) is 1.46. The molecule has 1 saturated heterocycles. The Balaban J connectivity index is 1.76. The number of aryl methyl sites for hydroxylation is 4. The van der Waals surface area contributed by atoms with E-state index in [2.05, 4.69) is 162 Å². The Labute approximate surface area is 309 Å². The third kappa shape index (κ3) is 6.92. The molecular weight excluding hydrogens is 636 g/mol. The lowest BCUT2D eigenvalue weighted by Gasteiger charge is -2.42. The second kappa shape index (κ2) is 14.7. The van der Waals surface area contributed by atoms with Gasteiger partial charge in [0.25, 0.3) is 0 Å². The van der Waals surface area contributed by atoms with E-state index in [1.807, 2.05) is 0 Å². The smallest absolute Gasteiger partial charge is 0.134 e. The second-order valence-corrected chi connectivity index (χ2v) is 18.5. The predicted molar refractivity (Wildman–Crippen MR) is 223 cm³/mol. The fraction of sp³-hybridized carbons (Fsp3) is 0.367. The van der Waals surface area contributed by atoms with Crippen molar-refractivity contribution in [3.63, 3.8) is 0 Å². The molecule has 5 aromatic rings. The van der Waals surface area contributed by atoms with E-state index in [9.17, 15) is 4.79 Å².